The first-order valence-electron chi connectivity index (χ1n) is 9.95. The van der Waals surface area contributed by atoms with Gasteiger partial charge in [-0.15, -0.1) is 11.3 Å². The average Bonchev–Trinajstić information content (AvgIpc) is 3.23. The van der Waals surface area contributed by atoms with Gasteiger partial charge in [0.05, 0.1) is 19.6 Å². The molecule has 0 unspecified atom stereocenters. The molecule has 3 aromatic heterocycles. The van der Waals surface area contributed by atoms with Crippen molar-refractivity contribution < 1.29 is 9.47 Å². The molecule has 0 bridgehead atoms. The Hall–Kier alpha value is -2.90. The van der Waals surface area contributed by atoms with Gasteiger partial charge in [0, 0.05) is 36.4 Å². The van der Waals surface area contributed by atoms with Gasteiger partial charge in [-0.25, -0.2) is 4.98 Å². The SMILES string of the molecule is CCN(CCc1ccncc1)c1nc(Cl)nc2scc(-c3ccc(OC)c(OC)c3)c12. The normalized spacial score (nSPS) is 11.0. The molecule has 6 nitrogen and oxygen atoms in total. The van der Waals surface area contributed by atoms with Crippen molar-refractivity contribution in [1.29, 1.82) is 0 Å². The van der Waals surface area contributed by atoms with Crippen molar-refractivity contribution in [2.24, 2.45) is 0 Å². The van der Waals surface area contributed by atoms with E-state index in [-0.39, 0.29) is 5.28 Å². The zero-order chi connectivity index (χ0) is 21.8. The van der Waals surface area contributed by atoms with Gasteiger partial charge in [-0.2, -0.15) is 4.98 Å². The fourth-order valence-corrected chi connectivity index (χ4v) is 4.73. The van der Waals surface area contributed by atoms with Crippen LogP contribution in [0, 0.1) is 0 Å². The van der Waals surface area contributed by atoms with Crippen LogP contribution in [-0.2, 0) is 6.42 Å². The van der Waals surface area contributed by atoms with Gasteiger partial charge in [-0.05, 0) is 60.3 Å². The number of aromatic nitrogens is 3. The molecule has 0 spiro atoms. The summed E-state index contributed by atoms with van der Waals surface area (Å²) in [6, 6.07) is 9.99. The van der Waals surface area contributed by atoms with Crippen LogP contribution in [0.3, 0.4) is 0 Å². The first kappa shape index (κ1) is 21.3. The number of benzene rings is 1. The summed E-state index contributed by atoms with van der Waals surface area (Å²) < 4.78 is 10.9. The van der Waals surface area contributed by atoms with E-state index in [0.29, 0.717) is 11.5 Å². The Bertz CT molecular complexity index is 1180. The van der Waals surface area contributed by atoms with E-state index in [1.54, 1.807) is 25.6 Å². The minimum Gasteiger partial charge on any atom is -0.493 e. The predicted molar refractivity (Wildman–Crippen MR) is 127 cm³/mol. The van der Waals surface area contributed by atoms with Crippen molar-refractivity contribution in [3.8, 4) is 22.6 Å². The highest BCUT2D eigenvalue weighted by Crippen LogP contribution is 2.41. The Labute approximate surface area is 190 Å². The van der Waals surface area contributed by atoms with Gasteiger partial charge in [-0.3, -0.25) is 4.98 Å². The quantitative estimate of drug-likeness (QED) is 0.328. The summed E-state index contributed by atoms with van der Waals surface area (Å²) in [5.74, 6) is 2.22. The minimum atomic E-state index is 0.255. The summed E-state index contributed by atoms with van der Waals surface area (Å²) in [7, 11) is 3.27. The van der Waals surface area contributed by atoms with Gasteiger partial charge >= 0.3 is 0 Å². The maximum Gasteiger partial charge on any atom is 0.225 e. The molecule has 0 aliphatic rings. The van der Waals surface area contributed by atoms with Crippen LogP contribution in [0.2, 0.25) is 5.28 Å². The van der Waals surface area contributed by atoms with E-state index < -0.39 is 0 Å². The lowest BCUT2D eigenvalue weighted by molar-refractivity contribution is 0.355. The lowest BCUT2D eigenvalue weighted by atomic mass is 10.0. The Kier molecular flexibility index (Phi) is 6.53. The highest BCUT2D eigenvalue weighted by Gasteiger charge is 2.20. The number of pyridine rings is 1. The van der Waals surface area contributed by atoms with Crippen molar-refractivity contribution >= 4 is 39.0 Å². The van der Waals surface area contributed by atoms with Crippen molar-refractivity contribution in [1.82, 2.24) is 15.0 Å². The van der Waals surface area contributed by atoms with Crippen molar-refractivity contribution in [3.63, 3.8) is 0 Å². The van der Waals surface area contributed by atoms with E-state index in [2.05, 4.69) is 32.2 Å². The predicted octanol–water partition coefficient (Wildman–Crippen LogP) is 5.49. The number of nitrogens with zero attached hydrogens (tertiary/aromatic N) is 4. The second kappa shape index (κ2) is 9.49. The average molecular weight is 455 g/mol. The molecule has 0 radical (unpaired) electrons. The van der Waals surface area contributed by atoms with Crippen molar-refractivity contribution in [2.45, 2.75) is 13.3 Å². The molecule has 0 N–H and O–H groups in total. The second-order valence-electron chi connectivity index (χ2n) is 6.90. The Morgan fingerprint density at radius 3 is 2.52 bits per heavy atom. The molecule has 0 fully saturated rings. The number of ether oxygens (including phenoxy) is 2. The summed E-state index contributed by atoms with van der Waals surface area (Å²) in [5.41, 5.74) is 3.30. The molecular weight excluding hydrogens is 432 g/mol. The molecule has 1 aromatic carbocycles. The summed E-state index contributed by atoms with van der Waals surface area (Å²) in [5, 5.41) is 3.35. The van der Waals surface area contributed by atoms with E-state index in [1.807, 2.05) is 42.7 Å². The molecule has 3 heterocycles. The molecule has 0 saturated carbocycles. The van der Waals surface area contributed by atoms with Gasteiger partial charge in [0.2, 0.25) is 5.28 Å². The van der Waals surface area contributed by atoms with E-state index >= 15 is 0 Å². The minimum absolute atomic E-state index is 0.255. The van der Waals surface area contributed by atoms with Gasteiger partial charge < -0.3 is 14.4 Å². The maximum absolute atomic E-state index is 6.30. The van der Waals surface area contributed by atoms with Crippen LogP contribution < -0.4 is 14.4 Å². The zero-order valence-corrected chi connectivity index (χ0v) is 19.2. The van der Waals surface area contributed by atoms with E-state index in [0.717, 1.165) is 46.7 Å². The summed E-state index contributed by atoms with van der Waals surface area (Å²) >= 11 is 7.86. The third-order valence-electron chi connectivity index (χ3n) is 5.18. The van der Waals surface area contributed by atoms with Crippen LogP contribution in [0.15, 0.2) is 48.1 Å². The lowest BCUT2D eigenvalue weighted by Crippen LogP contribution is -2.26. The number of thiophene rings is 1. The summed E-state index contributed by atoms with van der Waals surface area (Å²) in [6.45, 7) is 3.73. The van der Waals surface area contributed by atoms with E-state index in [4.69, 9.17) is 21.1 Å². The van der Waals surface area contributed by atoms with Crippen LogP contribution in [0.4, 0.5) is 5.82 Å². The van der Waals surface area contributed by atoms with Crippen LogP contribution in [-0.4, -0.2) is 42.3 Å². The molecule has 0 atom stereocenters. The standard InChI is InChI=1S/C23H23ClN4O2S/c1-4-28(12-9-15-7-10-25-11-8-15)21-20-17(14-31-22(20)27-23(24)26-21)16-5-6-18(29-2)19(13-16)30-3/h5-8,10-11,13-14H,4,9,12H2,1-3H3. The van der Waals surface area contributed by atoms with Crippen LogP contribution in [0.5, 0.6) is 11.5 Å². The summed E-state index contributed by atoms with van der Waals surface area (Å²) in [4.78, 5) is 16.3. The highest BCUT2D eigenvalue weighted by atomic mass is 35.5. The van der Waals surface area contributed by atoms with Crippen molar-refractivity contribution in [2.75, 3.05) is 32.2 Å². The number of hydrogen-bond donors (Lipinski definition) is 0. The molecule has 4 rings (SSSR count). The van der Waals surface area contributed by atoms with Gasteiger partial charge in [0.15, 0.2) is 11.5 Å². The fraction of sp³-hybridized carbons (Fsp3) is 0.261. The Balaban J connectivity index is 1.77. The first-order valence-corrected chi connectivity index (χ1v) is 11.2. The molecule has 0 aliphatic carbocycles. The Morgan fingerprint density at radius 1 is 1.03 bits per heavy atom. The molecule has 31 heavy (non-hydrogen) atoms. The Morgan fingerprint density at radius 2 is 1.81 bits per heavy atom. The van der Waals surface area contributed by atoms with Gasteiger partial charge in [0.25, 0.3) is 0 Å². The molecule has 0 saturated heterocycles. The number of anilines is 1. The van der Waals surface area contributed by atoms with Gasteiger partial charge in [0.1, 0.15) is 10.6 Å². The summed E-state index contributed by atoms with van der Waals surface area (Å²) in [6.07, 6.45) is 4.52. The molecule has 0 aliphatic heterocycles. The molecule has 4 aromatic rings. The molecule has 8 heteroatoms. The fourth-order valence-electron chi connectivity index (χ4n) is 3.57. The van der Waals surface area contributed by atoms with Crippen LogP contribution in [0.1, 0.15) is 12.5 Å². The monoisotopic (exact) mass is 454 g/mol. The third-order valence-corrected chi connectivity index (χ3v) is 6.22. The first-order chi connectivity index (χ1) is 15.1. The number of hydrogen-bond acceptors (Lipinski definition) is 7. The lowest BCUT2D eigenvalue weighted by Gasteiger charge is -2.23. The number of methoxy groups -OCH3 is 2. The number of halogens is 1. The zero-order valence-electron chi connectivity index (χ0n) is 17.6. The highest BCUT2D eigenvalue weighted by molar-refractivity contribution is 7.17. The largest absolute Gasteiger partial charge is 0.493 e. The topological polar surface area (TPSA) is 60.4 Å². The smallest absolute Gasteiger partial charge is 0.225 e. The number of likely N-dealkylation sites (N-methyl/N-ethyl adjacent to an activating group) is 1. The molecule has 0 amide bonds. The van der Waals surface area contributed by atoms with E-state index in [1.165, 1.54) is 5.56 Å². The molecular formula is C23H23ClN4O2S. The van der Waals surface area contributed by atoms with Crippen LogP contribution >= 0.6 is 22.9 Å². The van der Waals surface area contributed by atoms with E-state index in [9.17, 15) is 0 Å². The van der Waals surface area contributed by atoms with Crippen molar-refractivity contribution in [3.05, 3.63) is 59.0 Å². The third kappa shape index (κ3) is 4.43. The maximum atomic E-state index is 6.30. The number of rotatable bonds is 8. The number of fused-ring (bicyclic) bond motifs is 1. The second-order valence-corrected chi connectivity index (χ2v) is 8.10. The van der Waals surface area contributed by atoms with Gasteiger partial charge in [-0.1, -0.05) is 6.07 Å². The van der Waals surface area contributed by atoms with Crippen LogP contribution in [0.25, 0.3) is 21.3 Å². The molecule has 160 valence electrons.